The number of nitrogens with zero attached hydrogens (tertiary/aromatic N) is 1. The van der Waals surface area contributed by atoms with Crippen LogP contribution in [0.2, 0.25) is 5.15 Å². The van der Waals surface area contributed by atoms with Crippen molar-refractivity contribution in [1.29, 1.82) is 0 Å². The average molecular weight is 305 g/mol. The van der Waals surface area contributed by atoms with E-state index < -0.39 is 9.84 Å². The highest BCUT2D eigenvalue weighted by molar-refractivity contribution is 7.90. The Morgan fingerprint density at radius 1 is 1.42 bits per heavy atom. The summed E-state index contributed by atoms with van der Waals surface area (Å²) in [5.41, 5.74) is 1.19. The number of halogens is 1. The molecule has 0 unspecified atom stereocenters. The van der Waals surface area contributed by atoms with Gasteiger partial charge in [-0.3, -0.25) is 4.79 Å². The Morgan fingerprint density at radius 2 is 2.11 bits per heavy atom. The van der Waals surface area contributed by atoms with Crippen LogP contribution in [0.15, 0.2) is 12.1 Å². The molecular weight excluding hydrogens is 288 g/mol. The highest BCUT2D eigenvalue weighted by Gasteiger charge is 2.09. The monoisotopic (exact) mass is 304 g/mol. The highest BCUT2D eigenvalue weighted by Crippen LogP contribution is 2.11. The van der Waals surface area contributed by atoms with Crippen molar-refractivity contribution in [2.24, 2.45) is 0 Å². The number of hydrogen-bond acceptors (Lipinski definition) is 4. The summed E-state index contributed by atoms with van der Waals surface area (Å²) < 4.78 is 21.9. The predicted octanol–water partition coefficient (Wildman–Crippen LogP) is 1.46. The van der Waals surface area contributed by atoms with E-state index in [9.17, 15) is 13.2 Å². The Morgan fingerprint density at radius 3 is 2.68 bits per heavy atom. The van der Waals surface area contributed by atoms with E-state index in [-0.39, 0.29) is 16.8 Å². The average Bonchev–Trinajstić information content (AvgIpc) is 2.32. The normalized spacial score (nSPS) is 11.3. The van der Waals surface area contributed by atoms with Gasteiger partial charge in [0, 0.05) is 24.1 Å². The van der Waals surface area contributed by atoms with Gasteiger partial charge in [0.2, 0.25) is 0 Å². The van der Waals surface area contributed by atoms with Gasteiger partial charge in [-0.1, -0.05) is 18.5 Å². The van der Waals surface area contributed by atoms with Crippen LogP contribution in [0.4, 0.5) is 0 Å². The first-order valence-corrected chi connectivity index (χ1v) is 8.38. The van der Waals surface area contributed by atoms with Crippen molar-refractivity contribution in [2.45, 2.75) is 19.8 Å². The fourth-order valence-corrected chi connectivity index (χ4v) is 2.40. The summed E-state index contributed by atoms with van der Waals surface area (Å²) in [6, 6.07) is 3.17. The number of amides is 1. The molecule has 1 N–H and O–H groups in total. The molecule has 0 aliphatic carbocycles. The van der Waals surface area contributed by atoms with Crippen molar-refractivity contribution < 1.29 is 13.2 Å². The fraction of sp³-hybridized carbons (Fsp3) is 0.500. The Labute approximate surface area is 118 Å². The Bertz CT molecular complexity index is 558. The molecule has 0 aliphatic rings. The van der Waals surface area contributed by atoms with Crippen LogP contribution in [0.5, 0.6) is 0 Å². The maximum Gasteiger partial charge on any atom is 0.251 e. The summed E-state index contributed by atoms with van der Waals surface area (Å²) in [5.74, 6) is -0.211. The van der Waals surface area contributed by atoms with E-state index >= 15 is 0 Å². The molecule has 1 aromatic heterocycles. The minimum Gasteiger partial charge on any atom is -0.352 e. The van der Waals surface area contributed by atoms with E-state index in [0.717, 1.165) is 5.69 Å². The second-order valence-corrected chi connectivity index (χ2v) is 6.91. The van der Waals surface area contributed by atoms with Crippen molar-refractivity contribution in [3.8, 4) is 0 Å². The minimum absolute atomic E-state index is 0.0601. The summed E-state index contributed by atoms with van der Waals surface area (Å²) >= 11 is 5.82. The zero-order valence-corrected chi connectivity index (χ0v) is 12.5. The van der Waals surface area contributed by atoms with Crippen molar-refractivity contribution in [3.63, 3.8) is 0 Å². The van der Waals surface area contributed by atoms with Gasteiger partial charge in [-0.2, -0.15) is 0 Å². The lowest BCUT2D eigenvalue weighted by molar-refractivity contribution is 0.0953. The topological polar surface area (TPSA) is 76.1 Å². The zero-order valence-electron chi connectivity index (χ0n) is 10.9. The summed E-state index contributed by atoms with van der Waals surface area (Å²) in [6.07, 6.45) is 2.25. The van der Waals surface area contributed by atoms with Gasteiger partial charge in [-0.25, -0.2) is 13.4 Å². The lowest BCUT2D eigenvalue weighted by atomic mass is 10.2. The molecule has 0 saturated carbocycles. The van der Waals surface area contributed by atoms with E-state index in [1.165, 1.54) is 12.3 Å². The van der Waals surface area contributed by atoms with Crippen molar-refractivity contribution >= 4 is 27.3 Å². The smallest absolute Gasteiger partial charge is 0.251 e. The molecule has 0 atom stereocenters. The molecule has 1 amide bonds. The molecule has 0 spiro atoms. The van der Waals surface area contributed by atoms with Crippen LogP contribution < -0.4 is 5.32 Å². The first-order valence-electron chi connectivity index (χ1n) is 5.94. The van der Waals surface area contributed by atoms with E-state index in [2.05, 4.69) is 10.3 Å². The second-order valence-electron chi connectivity index (χ2n) is 4.26. The zero-order chi connectivity index (χ0) is 14.5. The number of hydrogen-bond donors (Lipinski definition) is 1. The highest BCUT2D eigenvalue weighted by atomic mass is 35.5. The van der Waals surface area contributed by atoms with Crippen LogP contribution in [0.3, 0.4) is 0 Å². The largest absolute Gasteiger partial charge is 0.352 e. The molecule has 106 valence electrons. The van der Waals surface area contributed by atoms with Crippen LogP contribution >= 0.6 is 11.6 Å². The van der Waals surface area contributed by atoms with Crippen LogP contribution in [-0.2, 0) is 16.3 Å². The van der Waals surface area contributed by atoms with Gasteiger partial charge in [-0.05, 0) is 25.0 Å². The second kappa shape index (κ2) is 6.86. The molecule has 7 heteroatoms. The summed E-state index contributed by atoms with van der Waals surface area (Å²) in [7, 11) is -2.99. The van der Waals surface area contributed by atoms with Crippen LogP contribution in [0.1, 0.15) is 29.4 Å². The number of nitrogens with one attached hydrogen (secondary N) is 1. The number of sulfone groups is 1. The van der Waals surface area contributed by atoms with E-state index in [1.54, 1.807) is 6.07 Å². The third-order valence-electron chi connectivity index (χ3n) is 2.45. The maximum atomic E-state index is 11.8. The molecule has 1 aromatic rings. The SMILES string of the molecule is CCc1cc(C(=O)NCCCS(C)(=O)=O)cc(Cl)n1. The molecule has 5 nitrogen and oxygen atoms in total. The Kier molecular flexibility index (Phi) is 5.75. The van der Waals surface area contributed by atoms with Gasteiger partial charge in [0.1, 0.15) is 15.0 Å². The van der Waals surface area contributed by atoms with Gasteiger partial charge in [0.05, 0.1) is 5.75 Å². The van der Waals surface area contributed by atoms with Gasteiger partial charge < -0.3 is 5.32 Å². The van der Waals surface area contributed by atoms with Gasteiger partial charge >= 0.3 is 0 Å². The molecule has 1 heterocycles. The number of rotatable bonds is 6. The van der Waals surface area contributed by atoms with Gasteiger partial charge in [-0.15, -0.1) is 0 Å². The lowest BCUT2D eigenvalue weighted by Crippen LogP contribution is -2.26. The number of aromatic nitrogens is 1. The van der Waals surface area contributed by atoms with Crippen molar-refractivity contribution in [2.75, 3.05) is 18.6 Å². The van der Waals surface area contributed by atoms with E-state index in [0.29, 0.717) is 24.9 Å². The Hall–Kier alpha value is -1.14. The van der Waals surface area contributed by atoms with Gasteiger partial charge in [0.25, 0.3) is 5.91 Å². The fourth-order valence-electron chi connectivity index (χ4n) is 1.50. The minimum atomic E-state index is -2.99. The molecule has 0 saturated heterocycles. The third kappa shape index (κ3) is 6.02. The molecular formula is C12H17ClN2O3S. The standard InChI is InChI=1S/C12H17ClN2O3S/c1-3-10-7-9(8-11(13)15-10)12(16)14-5-4-6-19(2,17)18/h7-8H,3-6H2,1-2H3,(H,14,16). The predicted molar refractivity (Wildman–Crippen MR) is 75.3 cm³/mol. The van der Waals surface area contributed by atoms with Crippen molar-refractivity contribution in [1.82, 2.24) is 10.3 Å². The van der Waals surface area contributed by atoms with Crippen molar-refractivity contribution in [3.05, 3.63) is 28.5 Å². The lowest BCUT2D eigenvalue weighted by Gasteiger charge is -2.06. The molecule has 0 radical (unpaired) electrons. The van der Waals surface area contributed by atoms with E-state index in [4.69, 9.17) is 11.6 Å². The third-order valence-corrected chi connectivity index (χ3v) is 3.67. The summed E-state index contributed by atoms with van der Waals surface area (Å²) in [5, 5.41) is 2.94. The number of carbonyl (C=O) groups excluding carboxylic acids is 1. The molecule has 0 fully saturated rings. The first kappa shape index (κ1) is 15.9. The number of aryl methyl sites for hydroxylation is 1. The number of pyridine rings is 1. The molecule has 0 aliphatic heterocycles. The summed E-state index contributed by atoms with van der Waals surface area (Å²) in [6.45, 7) is 2.24. The molecule has 0 bridgehead atoms. The summed E-state index contributed by atoms with van der Waals surface area (Å²) in [4.78, 5) is 15.9. The van der Waals surface area contributed by atoms with Crippen LogP contribution in [0, 0.1) is 0 Å². The van der Waals surface area contributed by atoms with Crippen LogP contribution in [0.25, 0.3) is 0 Å². The van der Waals surface area contributed by atoms with E-state index in [1.807, 2.05) is 6.92 Å². The Balaban J connectivity index is 2.56. The maximum absolute atomic E-state index is 11.8. The molecule has 0 aromatic carbocycles. The molecule has 1 rings (SSSR count). The quantitative estimate of drug-likeness (QED) is 0.638. The van der Waals surface area contributed by atoms with Crippen LogP contribution in [-0.4, -0.2) is 37.9 Å². The number of carbonyl (C=O) groups is 1. The molecule has 19 heavy (non-hydrogen) atoms. The first-order chi connectivity index (χ1) is 8.81. The van der Waals surface area contributed by atoms with Gasteiger partial charge in [0.15, 0.2) is 0 Å².